The van der Waals surface area contributed by atoms with Crippen molar-refractivity contribution < 1.29 is 23.5 Å². The highest BCUT2D eigenvalue weighted by Gasteiger charge is 2.58. The zero-order chi connectivity index (χ0) is 21.2. The number of hydrogen-bond acceptors (Lipinski definition) is 5. The largest absolute Gasteiger partial charge is 0.478 e. The Hall–Kier alpha value is -3.95. The number of carbonyl (C=O) groups excluding carboxylic acids is 1. The highest BCUT2D eigenvalue weighted by Crippen LogP contribution is 2.48. The van der Waals surface area contributed by atoms with Crippen molar-refractivity contribution >= 4 is 17.6 Å². The summed E-state index contributed by atoms with van der Waals surface area (Å²) in [4.78, 5) is 42.8. The van der Waals surface area contributed by atoms with Crippen LogP contribution in [-0.2, 0) is 15.3 Å². The van der Waals surface area contributed by atoms with Gasteiger partial charge in [-0.25, -0.2) is 18.3 Å². The van der Waals surface area contributed by atoms with E-state index in [4.69, 9.17) is 0 Å². The monoisotopic (exact) mass is 410 g/mol. The maximum Gasteiger partial charge on any atom is 0.353 e. The average molecular weight is 410 g/mol. The van der Waals surface area contributed by atoms with Gasteiger partial charge in [0.1, 0.15) is 11.6 Å². The molecule has 2 aliphatic heterocycles. The van der Waals surface area contributed by atoms with Crippen molar-refractivity contribution in [2.45, 2.75) is 18.5 Å². The topological polar surface area (TPSA) is 105 Å². The summed E-state index contributed by atoms with van der Waals surface area (Å²) in [6.45, 7) is 0. The lowest BCUT2D eigenvalue weighted by Crippen LogP contribution is -2.58. The summed E-state index contributed by atoms with van der Waals surface area (Å²) in [7, 11) is 0. The predicted octanol–water partition coefficient (Wildman–Crippen LogP) is 2.13. The minimum Gasteiger partial charge on any atom is -0.478 e. The molecule has 1 amide bonds. The quantitative estimate of drug-likeness (QED) is 0.694. The molecule has 1 saturated heterocycles. The number of amides is 1. The van der Waals surface area contributed by atoms with E-state index in [-0.39, 0.29) is 41.2 Å². The Labute approximate surface area is 167 Å². The summed E-state index contributed by atoms with van der Waals surface area (Å²) in [5.41, 5.74) is -2.50. The first-order valence-electron chi connectivity index (χ1n) is 8.97. The lowest BCUT2D eigenvalue weighted by atomic mass is 10.00. The number of anilines is 1. The normalized spacial score (nSPS) is 19.3. The van der Waals surface area contributed by atoms with E-state index in [1.54, 1.807) is 0 Å². The summed E-state index contributed by atoms with van der Waals surface area (Å²) >= 11 is 0. The van der Waals surface area contributed by atoms with Crippen molar-refractivity contribution in [2.24, 2.45) is 0 Å². The molecule has 30 heavy (non-hydrogen) atoms. The van der Waals surface area contributed by atoms with Gasteiger partial charge in [0, 0.05) is 24.0 Å². The Morgan fingerprint density at radius 2 is 1.77 bits per heavy atom. The van der Waals surface area contributed by atoms with Crippen LogP contribution in [0.3, 0.4) is 0 Å². The number of benzene rings is 2. The molecular formula is C20H12F2N4O4. The first-order chi connectivity index (χ1) is 14.3. The van der Waals surface area contributed by atoms with Crippen molar-refractivity contribution in [3.05, 3.63) is 64.5 Å². The van der Waals surface area contributed by atoms with E-state index in [0.29, 0.717) is 0 Å². The molecule has 2 aromatic carbocycles. The first-order valence-corrected chi connectivity index (χ1v) is 8.97. The molecule has 0 radical (unpaired) electrons. The molecule has 0 unspecified atom stereocenters. The van der Waals surface area contributed by atoms with Crippen molar-refractivity contribution in [1.82, 2.24) is 14.8 Å². The minimum absolute atomic E-state index is 0.0809. The van der Waals surface area contributed by atoms with Gasteiger partial charge in [0.15, 0.2) is 11.5 Å². The van der Waals surface area contributed by atoms with E-state index in [1.807, 2.05) is 0 Å². The number of carboxylic acids is 1. The molecule has 3 aromatic rings. The zero-order valence-corrected chi connectivity index (χ0v) is 15.2. The second-order valence-electron chi connectivity index (χ2n) is 7.02. The number of halogens is 2. The summed E-state index contributed by atoms with van der Waals surface area (Å²) in [5.74, 6) is -3.17. The van der Waals surface area contributed by atoms with Crippen LogP contribution >= 0.6 is 0 Å². The van der Waals surface area contributed by atoms with E-state index in [9.17, 15) is 28.3 Å². The number of fused-ring (bicyclic) bond motifs is 6. The molecule has 1 aromatic heterocycles. The van der Waals surface area contributed by atoms with E-state index in [2.05, 4.69) is 10.1 Å². The van der Waals surface area contributed by atoms with Crippen molar-refractivity contribution in [2.75, 3.05) is 4.90 Å². The fourth-order valence-electron chi connectivity index (χ4n) is 4.03. The smallest absolute Gasteiger partial charge is 0.353 e. The molecule has 1 atom stereocenters. The van der Waals surface area contributed by atoms with Gasteiger partial charge < -0.3 is 5.11 Å². The number of carboxylic acid groups (broad SMARTS) is 1. The zero-order valence-electron chi connectivity index (χ0n) is 15.2. The van der Waals surface area contributed by atoms with Gasteiger partial charge in [-0.2, -0.15) is 10.1 Å². The van der Waals surface area contributed by atoms with Crippen LogP contribution in [0.2, 0.25) is 0 Å². The molecule has 2 aliphatic rings. The lowest BCUT2D eigenvalue weighted by Gasteiger charge is -2.41. The minimum atomic E-state index is -1.95. The number of aliphatic carboxylic acids is 1. The molecule has 0 saturated carbocycles. The number of hydrogen-bond donors (Lipinski definition) is 1. The second-order valence-corrected chi connectivity index (χ2v) is 7.02. The van der Waals surface area contributed by atoms with Crippen LogP contribution in [0, 0.1) is 11.6 Å². The van der Waals surface area contributed by atoms with Crippen molar-refractivity contribution in [3.8, 4) is 22.6 Å². The van der Waals surface area contributed by atoms with Gasteiger partial charge >= 0.3 is 5.97 Å². The van der Waals surface area contributed by atoms with E-state index >= 15 is 0 Å². The van der Waals surface area contributed by atoms with Gasteiger partial charge in [0.05, 0.1) is 5.69 Å². The summed E-state index contributed by atoms with van der Waals surface area (Å²) in [5, 5.41) is 14.4. The van der Waals surface area contributed by atoms with Crippen molar-refractivity contribution in [1.29, 1.82) is 0 Å². The maximum absolute atomic E-state index is 14.0. The van der Waals surface area contributed by atoms with Crippen LogP contribution < -0.4 is 10.5 Å². The van der Waals surface area contributed by atoms with Crippen LogP contribution in [0.15, 0.2) is 47.3 Å². The van der Waals surface area contributed by atoms with Crippen LogP contribution in [0.4, 0.5) is 14.5 Å². The van der Waals surface area contributed by atoms with Crippen LogP contribution in [0.5, 0.6) is 0 Å². The van der Waals surface area contributed by atoms with E-state index < -0.39 is 34.7 Å². The highest BCUT2D eigenvalue weighted by molar-refractivity contribution is 6.07. The number of nitrogens with zero attached hydrogens (tertiary/aromatic N) is 4. The van der Waals surface area contributed by atoms with Gasteiger partial charge in [-0.15, -0.1) is 0 Å². The van der Waals surface area contributed by atoms with Gasteiger partial charge in [-0.3, -0.25) is 14.5 Å². The van der Waals surface area contributed by atoms with Crippen molar-refractivity contribution in [3.63, 3.8) is 0 Å². The molecule has 10 heteroatoms. The molecule has 3 heterocycles. The summed E-state index contributed by atoms with van der Waals surface area (Å²) in [6.07, 6.45) is -0.201. The van der Waals surface area contributed by atoms with E-state index in [1.165, 1.54) is 18.2 Å². The molecule has 0 spiro atoms. The Morgan fingerprint density at radius 3 is 2.47 bits per heavy atom. The fraction of sp³-hybridized carbons (Fsp3) is 0.150. The number of aromatic nitrogens is 3. The molecule has 5 rings (SSSR count). The Morgan fingerprint density at radius 1 is 1.07 bits per heavy atom. The summed E-state index contributed by atoms with van der Waals surface area (Å²) in [6, 6.07) is 8.35. The Kier molecular flexibility index (Phi) is 3.63. The van der Waals surface area contributed by atoms with Gasteiger partial charge in [0.25, 0.3) is 5.56 Å². The van der Waals surface area contributed by atoms with Crippen LogP contribution in [-0.4, -0.2) is 31.7 Å². The molecule has 1 N–H and O–H groups in total. The van der Waals surface area contributed by atoms with Gasteiger partial charge in [0.2, 0.25) is 11.6 Å². The van der Waals surface area contributed by atoms with Crippen LogP contribution in [0.25, 0.3) is 22.6 Å². The SMILES string of the molecule is O=C1CC[C@@]2(C(=O)O)N1c1ccc(F)cc1-c1nc(=O)c(-c3ccc(F)cc3)nn12. The lowest BCUT2D eigenvalue weighted by molar-refractivity contribution is -0.148. The third kappa shape index (κ3) is 2.27. The molecule has 0 aliphatic carbocycles. The number of carbonyl (C=O) groups is 2. The summed E-state index contributed by atoms with van der Waals surface area (Å²) < 4.78 is 28.3. The molecular weight excluding hydrogens is 398 g/mol. The highest BCUT2D eigenvalue weighted by atomic mass is 19.1. The third-order valence-corrected chi connectivity index (χ3v) is 5.37. The van der Waals surface area contributed by atoms with Gasteiger partial charge in [-0.05, 0) is 42.5 Å². The molecule has 8 nitrogen and oxygen atoms in total. The van der Waals surface area contributed by atoms with Gasteiger partial charge in [-0.1, -0.05) is 0 Å². The van der Waals surface area contributed by atoms with E-state index in [0.717, 1.165) is 33.8 Å². The average Bonchev–Trinajstić information content (AvgIpc) is 3.07. The maximum atomic E-state index is 14.0. The molecule has 1 fully saturated rings. The standard InChI is InChI=1S/C20H12F2N4O4/c21-11-3-1-10(2-4-11)16-18(28)23-17-13-9-12(22)5-6-14(13)25-15(27)7-8-20(25,19(29)30)26(17)24-16/h1-6,9H,7-8H2,(H,29,30)/t20-/m1/s1. The third-order valence-electron chi connectivity index (χ3n) is 5.37. The second kappa shape index (κ2) is 6.02. The van der Waals surface area contributed by atoms with Crippen LogP contribution in [0.1, 0.15) is 12.8 Å². The fourth-order valence-corrected chi connectivity index (χ4v) is 4.03. The Bertz CT molecular complexity index is 1310. The number of rotatable bonds is 2. The first kappa shape index (κ1) is 18.1. The molecule has 0 bridgehead atoms. The Balaban J connectivity index is 1.88. The molecule has 150 valence electrons. The predicted molar refractivity (Wildman–Crippen MR) is 99.4 cm³/mol.